The van der Waals surface area contributed by atoms with Crippen molar-refractivity contribution in [2.75, 3.05) is 6.16 Å². The summed E-state index contributed by atoms with van der Waals surface area (Å²) in [5, 5.41) is -0.150. The summed E-state index contributed by atoms with van der Waals surface area (Å²) in [7, 11) is -1.26. The Morgan fingerprint density at radius 3 is 2.82 bits per heavy atom. The Balaban J connectivity index is 3.54. The van der Waals surface area contributed by atoms with Crippen LogP contribution in [0.1, 0.15) is 26.2 Å². The lowest BCUT2D eigenvalue weighted by atomic mass is 10.3. The molecular weight excluding hydrogens is 179 g/mol. The monoisotopic (exact) mass is 193 g/mol. The van der Waals surface area contributed by atoms with Crippen LogP contribution in [0.15, 0.2) is 12.7 Å². The summed E-state index contributed by atoms with van der Waals surface area (Å²) in [4.78, 5) is 0. The maximum Gasteiger partial charge on any atom is 0.361 e. The van der Waals surface area contributed by atoms with Gasteiger partial charge in [-0.1, -0.05) is 36.1 Å². The van der Waals surface area contributed by atoms with Gasteiger partial charge in [-0.3, -0.25) is 0 Å². The molecule has 0 aliphatic heterocycles. The second kappa shape index (κ2) is 6.82. The minimum absolute atomic E-state index is 0.150. The quantitative estimate of drug-likeness (QED) is 0.357. The van der Waals surface area contributed by atoms with E-state index >= 15 is 0 Å². The molecule has 0 heterocycles. The van der Waals surface area contributed by atoms with E-state index in [1.807, 2.05) is 0 Å². The van der Waals surface area contributed by atoms with Gasteiger partial charge in [0, 0.05) is 6.42 Å². The highest BCUT2D eigenvalue weighted by Gasteiger charge is 2.24. The molecular formula is C8H15ClOP+. The van der Waals surface area contributed by atoms with E-state index in [1.54, 1.807) is 6.08 Å². The molecule has 0 saturated carbocycles. The van der Waals surface area contributed by atoms with Gasteiger partial charge in [-0.05, 0) is 12.5 Å². The average Bonchev–Trinajstić information content (AvgIpc) is 2.00. The van der Waals surface area contributed by atoms with E-state index in [4.69, 9.17) is 11.6 Å². The zero-order valence-electron chi connectivity index (χ0n) is 6.92. The van der Waals surface area contributed by atoms with Crippen molar-refractivity contribution in [1.29, 1.82) is 0 Å². The van der Waals surface area contributed by atoms with Gasteiger partial charge in [0.05, 0.1) is 0 Å². The first-order valence-electron chi connectivity index (χ1n) is 3.91. The number of allylic oxidation sites excluding steroid dienone is 1. The minimum Gasteiger partial charge on any atom is -0.0989 e. The third-order valence-electron chi connectivity index (χ3n) is 1.42. The van der Waals surface area contributed by atoms with Crippen molar-refractivity contribution in [3.05, 3.63) is 12.7 Å². The van der Waals surface area contributed by atoms with Crippen LogP contribution in [0.3, 0.4) is 0 Å². The van der Waals surface area contributed by atoms with Crippen LogP contribution in [0, 0.1) is 0 Å². The van der Waals surface area contributed by atoms with Crippen molar-refractivity contribution >= 4 is 19.4 Å². The molecule has 2 atom stereocenters. The highest BCUT2D eigenvalue weighted by atomic mass is 35.5. The van der Waals surface area contributed by atoms with Gasteiger partial charge in [0.1, 0.15) is 0 Å². The van der Waals surface area contributed by atoms with E-state index in [9.17, 15) is 4.57 Å². The van der Waals surface area contributed by atoms with Crippen LogP contribution < -0.4 is 0 Å². The molecule has 1 nitrogen and oxygen atoms in total. The first kappa shape index (κ1) is 11.1. The molecule has 0 rings (SSSR count). The summed E-state index contributed by atoms with van der Waals surface area (Å²) in [5.41, 5.74) is 0. The zero-order valence-corrected chi connectivity index (χ0v) is 8.57. The SMILES string of the molecule is C=CC[P+](=O)C(Cl)CCCC. The predicted octanol–water partition coefficient (Wildman–Crippen LogP) is 3.75. The van der Waals surface area contributed by atoms with Gasteiger partial charge in [-0.15, -0.1) is 0 Å². The van der Waals surface area contributed by atoms with Crippen molar-refractivity contribution in [3.8, 4) is 0 Å². The van der Waals surface area contributed by atoms with Crippen LogP contribution in [0.2, 0.25) is 0 Å². The lowest BCUT2D eigenvalue weighted by Crippen LogP contribution is -1.92. The molecule has 0 aliphatic rings. The molecule has 0 spiro atoms. The Kier molecular flexibility index (Phi) is 6.90. The molecule has 0 aromatic carbocycles. The molecule has 0 amide bonds. The zero-order chi connectivity index (χ0) is 8.69. The third kappa shape index (κ3) is 5.41. The number of rotatable bonds is 6. The Hall–Kier alpha value is 0.130. The van der Waals surface area contributed by atoms with Crippen molar-refractivity contribution in [1.82, 2.24) is 0 Å². The molecule has 0 aromatic heterocycles. The van der Waals surface area contributed by atoms with Crippen molar-refractivity contribution in [3.63, 3.8) is 0 Å². The molecule has 0 radical (unpaired) electrons. The fraction of sp³-hybridized carbons (Fsp3) is 0.750. The van der Waals surface area contributed by atoms with E-state index < -0.39 is 7.80 Å². The second-order valence-corrected chi connectivity index (χ2v) is 5.12. The van der Waals surface area contributed by atoms with Gasteiger partial charge in [0.15, 0.2) is 6.16 Å². The van der Waals surface area contributed by atoms with Gasteiger partial charge in [-0.25, -0.2) is 0 Å². The molecule has 0 aromatic rings. The lowest BCUT2D eigenvalue weighted by molar-refractivity contribution is 0.583. The van der Waals surface area contributed by atoms with E-state index in [2.05, 4.69) is 13.5 Å². The highest BCUT2D eigenvalue weighted by molar-refractivity contribution is 7.47. The van der Waals surface area contributed by atoms with Crippen LogP contribution in [-0.4, -0.2) is 11.3 Å². The number of hydrogen-bond acceptors (Lipinski definition) is 1. The van der Waals surface area contributed by atoms with Crippen molar-refractivity contribution in [2.24, 2.45) is 0 Å². The fourth-order valence-electron chi connectivity index (χ4n) is 0.758. The minimum atomic E-state index is -1.26. The molecule has 0 fully saturated rings. The van der Waals surface area contributed by atoms with E-state index in [-0.39, 0.29) is 5.12 Å². The molecule has 0 bridgehead atoms. The van der Waals surface area contributed by atoms with Crippen LogP contribution in [-0.2, 0) is 4.57 Å². The topological polar surface area (TPSA) is 17.1 Å². The Labute approximate surface area is 74.6 Å². The summed E-state index contributed by atoms with van der Waals surface area (Å²) in [6, 6.07) is 0. The first-order valence-corrected chi connectivity index (χ1v) is 5.86. The molecule has 0 saturated heterocycles. The van der Waals surface area contributed by atoms with Crippen LogP contribution in [0.25, 0.3) is 0 Å². The van der Waals surface area contributed by atoms with E-state index in [1.165, 1.54) is 0 Å². The van der Waals surface area contributed by atoms with Gasteiger partial charge < -0.3 is 0 Å². The fourth-order valence-corrected chi connectivity index (χ4v) is 2.11. The van der Waals surface area contributed by atoms with Gasteiger partial charge >= 0.3 is 7.80 Å². The number of alkyl halides is 1. The summed E-state index contributed by atoms with van der Waals surface area (Å²) < 4.78 is 11.2. The smallest absolute Gasteiger partial charge is 0.0989 e. The highest BCUT2D eigenvalue weighted by Crippen LogP contribution is 2.34. The van der Waals surface area contributed by atoms with E-state index in [0.717, 1.165) is 19.3 Å². The van der Waals surface area contributed by atoms with Crippen LogP contribution in [0.4, 0.5) is 0 Å². The number of hydrogen-bond donors (Lipinski definition) is 0. The Morgan fingerprint density at radius 2 is 2.36 bits per heavy atom. The van der Waals surface area contributed by atoms with E-state index in [0.29, 0.717) is 6.16 Å². The molecule has 3 heteroatoms. The first-order chi connectivity index (χ1) is 5.22. The standard InChI is InChI=1S/C8H15ClOP/c1-3-5-6-8(9)11(10)7-4-2/h4,8H,2-3,5-7H2,1H3/q+1. The number of unbranched alkanes of at least 4 members (excludes halogenated alkanes) is 1. The molecule has 0 aliphatic carbocycles. The molecule has 64 valence electrons. The largest absolute Gasteiger partial charge is 0.361 e. The summed E-state index contributed by atoms with van der Waals surface area (Å²) in [6.45, 7) is 5.62. The van der Waals surface area contributed by atoms with Crippen LogP contribution in [0.5, 0.6) is 0 Å². The van der Waals surface area contributed by atoms with Crippen molar-refractivity contribution < 1.29 is 4.57 Å². The van der Waals surface area contributed by atoms with Gasteiger partial charge in [-0.2, -0.15) is 0 Å². The molecule has 2 unspecified atom stereocenters. The summed E-state index contributed by atoms with van der Waals surface area (Å²) in [6.07, 6.45) is 5.25. The maximum atomic E-state index is 11.2. The van der Waals surface area contributed by atoms with Gasteiger partial charge in [0.25, 0.3) is 0 Å². The summed E-state index contributed by atoms with van der Waals surface area (Å²) >= 11 is 5.86. The molecule has 11 heavy (non-hydrogen) atoms. The molecule has 0 N–H and O–H groups in total. The Bertz CT molecular complexity index is 136. The second-order valence-electron chi connectivity index (χ2n) is 2.47. The third-order valence-corrected chi connectivity index (χ3v) is 3.79. The normalized spacial score (nSPS) is 14.2. The Morgan fingerprint density at radius 1 is 1.73 bits per heavy atom. The van der Waals surface area contributed by atoms with Gasteiger partial charge in [0.2, 0.25) is 5.12 Å². The lowest BCUT2D eigenvalue weighted by Gasteiger charge is -1.95. The van der Waals surface area contributed by atoms with Crippen molar-refractivity contribution in [2.45, 2.75) is 31.3 Å². The maximum absolute atomic E-state index is 11.2. The predicted molar refractivity (Wildman–Crippen MR) is 51.8 cm³/mol. The average molecular weight is 194 g/mol. The summed E-state index contributed by atoms with van der Waals surface area (Å²) in [5.74, 6) is 0. The number of halogens is 1. The van der Waals surface area contributed by atoms with Crippen LogP contribution >= 0.6 is 19.4 Å².